The van der Waals surface area contributed by atoms with Gasteiger partial charge in [-0.05, 0) is 11.8 Å². The van der Waals surface area contributed by atoms with Crippen molar-refractivity contribution < 1.29 is 9.90 Å². The van der Waals surface area contributed by atoms with Gasteiger partial charge in [0.25, 0.3) is 0 Å². The Kier molecular flexibility index (Phi) is 3.77. The Labute approximate surface area is 61.6 Å². The molecule has 0 bridgehead atoms. The first-order valence-corrected chi connectivity index (χ1v) is 3.22. The van der Waals surface area contributed by atoms with Crippen LogP contribution in [0, 0.1) is 11.8 Å². The zero-order valence-corrected chi connectivity index (χ0v) is 6.42. The van der Waals surface area contributed by atoms with E-state index in [0.717, 1.165) is 5.92 Å². The number of carboxylic acid groups (broad SMARTS) is 1. The van der Waals surface area contributed by atoms with Gasteiger partial charge in [0.1, 0.15) is 0 Å². The molecule has 0 aliphatic heterocycles. The number of hydrogen-bond donors (Lipinski definition) is 1. The van der Waals surface area contributed by atoms with E-state index in [1.54, 1.807) is 6.08 Å². The van der Waals surface area contributed by atoms with Crippen molar-refractivity contribution in [1.29, 1.82) is 0 Å². The lowest BCUT2D eigenvalue weighted by molar-refractivity contribution is -0.137. The normalized spacial score (nSPS) is 13.1. The molecule has 1 unspecified atom stereocenters. The van der Waals surface area contributed by atoms with Crippen molar-refractivity contribution in [2.24, 2.45) is 5.92 Å². The summed E-state index contributed by atoms with van der Waals surface area (Å²) in [4.78, 5) is 10.2. The Morgan fingerprint density at radius 2 is 2.20 bits per heavy atom. The molecule has 1 N–H and O–H groups in total. The third kappa shape index (κ3) is 3.28. The average Bonchev–Trinajstić information content (AvgIpc) is 1.81. The van der Waals surface area contributed by atoms with Gasteiger partial charge in [-0.3, -0.25) is 4.79 Å². The molecule has 0 heterocycles. The van der Waals surface area contributed by atoms with Gasteiger partial charge in [-0.1, -0.05) is 19.9 Å². The molecule has 1 atom stereocenters. The third-order valence-electron chi connectivity index (χ3n) is 1.42. The summed E-state index contributed by atoms with van der Waals surface area (Å²) in [6, 6.07) is 0. The van der Waals surface area contributed by atoms with Crippen molar-refractivity contribution in [3.63, 3.8) is 0 Å². The molecule has 0 aromatic heterocycles. The van der Waals surface area contributed by atoms with Crippen molar-refractivity contribution in [3.05, 3.63) is 18.6 Å². The molecule has 0 aliphatic carbocycles. The van der Waals surface area contributed by atoms with Gasteiger partial charge in [0.2, 0.25) is 0 Å². The van der Waals surface area contributed by atoms with Crippen LogP contribution >= 0.6 is 0 Å². The van der Waals surface area contributed by atoms with Crippen LogP contribution in [0.2, 0.25) is 0 Å². The molecule has 57 valence electrons. The van der Waals surface area contributed by atoms with Crippen molar-refractivity contribution in [2.45, 2.75) is 20.3 Å². The van der Waals surface area contributed by atoms with Gasteiger partial charge < -0.3 is 5.11 Å². The number of rotatable bonds is 4. The van der Waals surface area contributed by atoms with Crippen LogP contribution in [0.3, 0.4) is 0 Å². The molecular weight excluding hydrogens is 128 g/mol. The van der Waals surface area contributed by atoms with E-state index in [1.807, 2.05) is 13.8 Å². The molecule has 0 aliphatic rings. The number of aliphatic carboxylic acids is 1. The smallest absolute Gasteiger partial charge is 0.303 e. The molecule has 0 saturated carbocycles. The zero-order valence-electron chi connectivity index (χ0n) is 6.42. The molecule has 0 amide bonds. The summed E-state index contributed by atoms with van der Waals surface area (Å²) in [5.74, 6) is 0.348. The highest BCUT2D eigenvalue weighted by molar-refractivity contribution is 5.67. The quantitative estimate of drug-likeness (QED) is 0.607. The van der Waals surface area contributed by atoms with E-state index in [4.69, 9.17) is 5.11 Å². The Balaban J connectivity index is 3.83. The summed E-state index contributed by atoms with van der Waals surface area (Å²) in [7, 11) is 0. The zero-order chi connectivity index (χ0) is 8.15. The maximum Gasteiger partial charge on any atom is 0.303 e. The summed E-state index contributed by atoms with van der Waals surface area (Å²) in [6.07, 6.45) is 1.83. The second kappa shape index (κ2) is 4.09. The summed E-state index contributed by atoms with van der Waals surface area (Å²) in [5, 5.41) is 8.40. The standard InChI is InChI=1S/C8H13O2/c1-4-7(6(2)3)5-8(9)10/h4,7H,1,5H2,2-3H3,(H,9,10). The summed E-state index contributed by atoms with van der Waals surface area (Å²) in [5.41, 5.74) is 0. The predicted octanol–water partition coefficient (Wildman–Crippen LogP) is 1.88. The van der Waals surface area contributed by atoms with Crippen molar-refractivity contribution in [2.75, 3.05) is 0 Å². The minimum atomic E-state index is -0.772. The van der Waals surface area contributed by atoms with Crippen LogP contribution < -0.4 is 0 Å². The molecule has 0 aromatic rings. The molecule has 1 radical (unpaired) electrons. The molecule has 0 rings (SSSR count). The molecular formula is C8H13O2. The van der Waals surface area contributed by atoms with Crippen molar-refractivity contribution in [3.8, 4) is 0 Å². The Bertz CT molecular complexity index is 127. The highest BCUT2D eigenvalue weighted by Gasteiger charge is 2.12. The lowest BCUT2D eigenvalue weighted by Gasteiger charge is -2.12. The number of carbonyl (C=O) groups is 1. The highest BCUT2D eigenvalue weighted by Crippen LogP contribution is 2.17. The molecule has 2 heteroatoms. The van der Waals surface area contributed by atoms with E-state index in [-0.39, 0.29) is 12.3 Å². The van der Waals surface area contributed by atoms with E-state index >= 15 is 0 Å². The van der Waals surface area contributed by atoms with Gasteiger partial charge in [-0.15, -0.1) is 6.58 Å². The fourth-order valence-corrected chi connectivity index (χ4v) is 0.711. The van der Waals surface area contributed by atoms with Crippen LogP contribution in [-0.4, -0.2) is 11.1 Å². The molecule has 0 aromatic carbocycles. The molecule has 2 nitrogen and oxygen atoms in total. The third-order valence-corrected chi connectivity index (χ3v) is 1.42. The molecule has 0 saturated heterocycles. The van der Waals surface area contributed by atoms with Crippen LogP contribution in [0.4, 0.5) is 0 Å². The Hall–Kier alpha value is -0.790. The van der Waals surface area contributed by atoms with E-state index in [2.05, 4.69) is 6.58 Å². The van der Waals surface area contributed by atoms with Gasteiger partial charge in [0.05, 0.1) is 6.42 Å². The maximum atomic E-state index is 10.2. The van der Waals surface area contributed by atoms with Crippen LogP contribution in [0.15, 0.2) is 12.7 Å². The molecule has 0 spiro atoms. The predicted molar refractivity (Wildman–Crippen MR) is 40.5 cm³/mol. The van der Waals surface area contributed by atoms with Gasteiger partial charge >= 0.3 is 5.97 Å². The first-order chi connectivity index (χ1) is 4.57. The molecule has 0 fully saturated rings. The van der Waals surface area contributed by atoms with Gasteiger partial charge in [0, 0.05) is 0 Å². The minimum Gasteiger partial charge on any atom is -0.481 e. The van der Waals surface area contributed by atoms with Crippen molar-refractivity contribution >= 4 is 5.97 Å². The first kappa shape index (κ1) is 9.21. The Morgan fingerprint density at radius 3 is 2.30 bits per heavy atom. The summed E-state index contributed by atoms with van der Waals surface area (Å²) < 4.78 is 0. The first-order valence-electron chi connectivity index (χ1n) is 3.22. The van der Waals surface area contributed by atoms with Crippen LogP contribution in [0.1, 0.15) is 20.3 Å². The second-order valence-electron chi connectivity index (χ2n) is 2.52. The number of carboxylic acids is 1. The highest BCUT2D eigenvalue weighted by atomic mass is 16.4. The van der Waals surface area contributed by atoms with E-state index in [0.29, 0.717) is 0 Å². The van der Waals surface area contributed by atoms with Gasteiger partial charge in [0.15, 0.2) is 0 Å². The van der Waals surface area contributed by atoms with E-state index < -0.39 is 5.97 Å². The van der Waals surface area contributed by atoms with Crippen LogP contribution in [0.5, 0.6) is 0 Å². The number of hydrogen-bond acceptors (Lipinski definition) is 1. The SMILES string of the molecule is C=CC(CC(=O)O)[C](C)C. The fraction of sp³-hybridized carbons (Fsp3) is 0.500. The monoisotopic (exact) mass is 141 g/mol. The summed E-state index contributed by atoms with van der Waals surface area (Å²) in [6.45, 7) is 7.38. The number of allylic oxidation sites excluding steroid dienone is 1. The van der Waals surface area contributed by atoms with E-state index in [1.165, 1.54) is 0 Å². The van der Waals surface area contributed by atoms with Crippen LogP contribution in [0.25, 0.3) is 0 Å². The van der Waals surface area contributed by atoms with E-state index in [9.17, 15) is 4.79 Å². The maximum absolute atomic E-state index is 10.2. The topological polar surface area (TPSA) is 37.3 Å². The second-order valence-corrected chi connectivity index (χ2v) is 2.52. The van der Waals surface area contributed by atoms with Crippen LogP contribution in [-0.2, 0) is 4.79 Å². The van der Waals surface area contributed by atoms with Crippen molar-refractivity contribution in [1.82, 2.24) is 0 Å². The lowest BCUT2D eigenvalue weighted by atomic mass is 9.93. The van der Waals surface area contributed by atoms with Gasteiger partial charge in [-0.2, -0.15) is 0 Å². The molecule has 10 heavy (non-hydrogen) atoms. The largest absolute Gasteiger partial charge is 0.481 e. The fourth-order valence-electron chi connectivity index (χ4n) is 0.711. The Morgan fingerprint density at radius 1 is 1.70 bits per heavy atom. The van der Waals surface area contributed by atoms with Gasteiger partial charge in [-0.25, -0.2) is 0 Å². The summed E-state index contributed by atoms with van der Waals surface area (Å²) >= 11 is 0. The average molecular weight is 141 g/mol. The minimum absolute atomic E-state index is 0.0255. The lowest BCUT2D eigenvalue weighted by Crippen LogP contribution is -2.09.